The first-order chi connectivity index (χ1) is 14.3. The van der Waals surface area contributed by atoms with Crippen LogP contribution in [0.1, 0.15) is 38.1 Å². The normalized spacial score (nSPS) is 11.4. The Bertz CT molecular complexity index is 1020. The minimum atomic E-state index is -0.168. The molecule has 1 amide bonds. The summed E-state index contributed by atoms with van der Waals surface area (Å²) in [5.74, 6) is 1.12. The highest BCUT2D eigenvalue weighted by Crippen LogP contribution is 2.26. The lowest BCUT2D eigenvalue weighted by Crippen LogP contribution is -2.27. The maximum atomic E-state index is 12.3. The first-order valence-corrected chi connectivity index (χ1v) is 11.3. The zero-order valence-corrected chi connectivity index (χ0v) is 19.2. The van der Waals surface area contributed by atoms with Gasteiger partial charge >= 0.3 is 0 Å². The van der Waals surface area contributed by atoms with E-state index in [1.54, 1.807) is 46.9 Å². The average molecular weight is 447 g/mol. The van der Waals surface area contributed by atoms with Gasteiger partial charge in [0.15, 0.2) is 10.8 Å². The molecule has 3 rings (SSSR count). The Morgan fingerprint density at radius 2 is 2.03 bits per heavy atom. The fraction of sp³-hybridized carbons (Fsp3) is 0.429. The van der Waals surface area contributed by atoms with E-state index in [9.17, 15) is 4.79 Å². The smallest absolute Gasteiger partial charge is 0.251 e. The van der Waals surface area contributed by atoms with Gasteiger partial charge in [0.1, 0.15) is 5.82 Å². The molecule has 0 aliphatic carbocycles. The van der Waals surface area contributed by atoms with Crippen LogP contribution in [0.15, 0.2) is 35.6 Å². The van der Waals surface area contributed by atoms with Crippen molar-refractivity contribution < 1.29 is 4.79 Å². The molecule has 0 aliphatic heterocycles. The van der Waals surface area contributed by atoms with Crippen molar-refractivity contribution >= 4 is 46.1 Å². The second kappa shape index (κ2) is 10.1. The predicted molar refractivity (Wildman–Crippen MR) is 123 cm³/mol. The predicted octanol–water partition coefficient (Wildman–Crippen LogP) is 4.48. The molecule has 0 atom stereocenters. The molecule has 0 radical (unpaired) electrons. The summed E-state index contributed by atoms with van der Waals surface area (Å²) in [5, 5.41) is 13.3. The van der Waals surface area contributed by atoms with Crippen molar-refractivity contribution in [2.75, 3.05) is 18.4 Å². The van der Waals surface area contributed by atoms with Crippen LogP contribution in [0.25, 0.3) is 11.0 Å². The molecule has 2 N–H and O–H groups in total. The zero-order valence-electron chi connectivity index (χ0n) is 17.6. The van der Waals surface area contributed by atoms with E-state index >= 15 is 0 Å². The average Bonchev–Trinajstić information content (AvgIpc) is 3.08. The van der Waals surface area contributed by atoms with Crippen LogP contribution in [0, 0.1) is 5.92 Å². The summed E-state index contributed by atoms with van der Waals surface area (Å²) in [5.41, 5.74) is 1.29. The maximum Gasteiger partial charge on any atom is 0.251 e. The quantitative estimate of drug-likeness (QED) is 0.372. The number of carbonyl (C=O) groups excluding carboxylic acids is 1. The third kappa shape index (κ3) is 5.86. The van der Waals surface area contributed by atoms with Crippen LogP contribution >= 0.6 is 23.4 Å². The fourth-order valence-electron chi connectivity index (χ4n) is 2.81. The number of amides is 1. The molecule has 0 bridgehead atoms. The van der Waals surface area contributed by atoms with Crippen LogP contribution in [0.2, 0.25) is 5.02 Å². The van der Waals surface area contributed by atoms with Crippen LogP contribution in [-0.2, 0) is 6.54 Å². The highest BCUT2D eigenvalue weighted by Gasteiger charge is 2.15. The van der Waals surface area contributed by atoms with Gasteiger partial charge in [-0.15, -0.1) is 0 Å². The maximum absolute atomic E-state index is 12.3. The molecule has 2 aromatic heterocycles. The summed E-state index contributed by atoms with van der Waals surface area (Å²) in [7, 11) is 0. The standard InChI is InChI=1S/C21H27ClN6OS/c1-13(2)11-24-18-17-12-25-28(19(17)27-21(26-18)30-14(3)4)9-8-23-20(29)15-6-5-7-16(22)10-15/h5-7,10,12-14H,8-9,11H2,1-4H3,(H,23,29)(H,24,26,27). The van der Waals surface area contributed by atoms with Gasteiger partial charge in [-0.3, -0.25) is 4.79 Å². The lowest BCUT2D eigenvalue weighted by atomic mass is 10.2. The van der Waals surface area contributed by atoms with E-state index in [4.69, 9.17) is 16.6 Å². The molecule has 0 saturated carbocycles. The SMILES string of the molecule is CC(C)CNc1nc(SC(C)C)nc2c1cnn2CCNC(=O)c1cccc(Cl)c1. The number of rotatable bonds is 9. The molecular weight excluding hydrogens is 420 g/mol. The monoisotopic (exact) mass is 446 g/mol. The van der Waals surface area contributed by atoms with E-state index in [0.29, 0.717) is 40.0 Å². The Balaban J connectivity index is 1.76. The minimum absolute atomic E-state index is 0.168. The van der Waals surface area contributed by atoms with E-state index in [2.05, 4.69) is 48.4 Å². The van der Waals surface area contributed by atoms with Crippen molar-refractivity contribution in [3.05, 3.63) is 41.0 Å². The summed E-state index contributed by atoms with van der Waals surface area (Å²) in [4.78, 5) is 21.7. The molecule has 3 aromatic rings. The first-order valence-electron chi connectivity index (χ1n) is 10.0. The topological polar surface area (TPSA) is 84.7 Å². The van der Waals surface area contributed by atoms with Crippen LogP contribution in [-0.4, -0.2) is 44.0 Å². The van der Waals surface area contributed by atoms with E-state index in [1.165, 1.54) is 0 Å². The van der Waals surface area contributed by atoms with Crippen LogP contribution in [0.4, 0.5) is 5.82 Å². The molecular formula is C21H27ClN6OS. The Morgan fingerprint density at radius 1 is 1.23 bits per heavy atom. The molecule has 9 heteroatoms. The summed E-state index contributed by atoms with van der Waals surface area (Å²) in [6, 6.07) is 6.88. The molecule has 0 aliphatic rings. The Labute approximate surface area is 186 Å². The number of hydrogen-bond donors (Lipinski definition) is 2. The number of aromatic nitrogens is 4. The molecule has 1 aromatic carbocycles. The van der Waals surface area contributed by atoms with Crippen molar-refractivity contribution in [2.24, 2.45) is 5.92 Å². The van der Waals surface area contributed by atoms with Crippen molar-refractivity contribution in [1.82, 2.24) is 25.1 Å². The largest absolute Gasteiger partial charge is 0.369 e. The number of thioether (sulfide) groups is 1. The number of carbonyl (C=O) groups is 1. The lowest BCUT2D eigenvalue weighted by Gasteiger charge is -2.12. The Morgan fingerprint density at radius 3 is 2.73 bits per heavy atom. The van der Waals surface area contributed by atoms with Gasteiger partial charge in [0, 0.05) is 28.9 Å². The minimum Gasteiger partial charge on any atom is -0.369 e. The third-order valence-electron chi connectivity index (χ3n) is 4.19. The second-order valence-corrected chi connectivity index (χ2v) is 9.65. The molecule has 30 heavy (non-hydrogen) atoms. The van der Waals surface area contributed by atoms with Crippen LogP contribution < -0.4 is 10.6 Å². The van der Waals surface area contributed by atoms with Crippen LogP contribution in [0.3, 0.4) is 0 Å². The number of halogens is 1. The number of fused-ring (bicyclic) bond motifs is 1. The van der Waals surface area contributed by atoms with Gasteiger partial charge < -0.3 is 10.6 Å². The van der Waals surface area contributed by atoms with E-state index in [1.807, 2.05) is 0 Å². The van der Waals surface area contributed by atoms with Crippen molar-refractivity contribution in [3.8, 4) is 0 Å². The Kier molecular flexibility index (Phi) is 7.55. The van der Waals surface area contributed by atoms with Gasteiger partial charge in [-0.1, -0.05) is 57.1 Å². The van der Waals surface area contributed by atoms with Gasteiger partial charge in [-0.05, 0) is 24.1 Å². The summed E-state index contributed by atoms with van der Waals surface area (Å²) in [6.45, 7) is 10.3. The van der Waals surface area contributed by atoms with Crippen molar-refractivity contribution in [3.63, 3.8) is 0 Å². The van der Waals surface area contributed by atoms with Gasteiger partial charge in [0.2, 0.25) is 0 Å². The molecule has 2 heterocycles. The van der Waals surface area contributed by atoms with Gasteiger partial charge in [0.25, 0.3) is 5.91 Å². The lowest BCUT2D eigenvalue weighted by molar-refractivity contribution is 0.0952. The number of hydrogen-bond acceptors (Lipinski definition) is 6. The highest BCUT2D eigenvalue weighted by atomic mass is 35.5. The van der Waals surface area contributed by atoms with Gasteiger partial charge in [-0.2, -0.15) is 5.10 Å². The molecule has 7 nitrogen and oxygen atoms in total. The molecule has 0 saturated heterocycles. The molecule has 0 fully saturated rings. The van der Waals surface area contributed by atoms with Crippen molar-refractivity contribution in [1.29, 1.82) is 0 Å². The fourth-order valence-corrected chi connectivity index (χ4v) is 3.70. The second-order valence-electron chi connectivity index (χ2n) is 7.67. The Hall–Kier alpha value is -2.32. The van der Waals surface area contributed by atoms with Crippen molar-refractivity contribution in [2.45, 2.75) is 44.6 Å². The zero-order chi connectivity index (χ0) is 21.7. The van der Waals surface area contributed by atoms with E-state index < -0.39 is 0 Å². The molecule has 0 unspecified atom stereocenters. The summed E-state index contributed by atoms with van der Waals surface area (Å²) in [6.07, 6.45) is 1.78. The number of benzene rings is 1. The molecule has 160 valence electrons. The highest BCUT2D eigenvalue weighted by molar-refractivity contribution is 7.99. The van der Waals surface area contributed by atoms with E-state index in [0.717, 1.165) is 23.4 Å². The summed E-state index contributed by atoms with van der Waals surface area (Å²) >= 11 is 7.58. The third-order valence-corrected chi connectivity index (χ3v) is 5.29. The number of nitrogens with one attached hydrogen (secondary N) is 2. The number of anilines is 1. The van der Waals surface area contributed by atoms with Gasteiger partial charge in [-0.25, -0.2) is 14.6 Å². The van der Waals surface area contributed by atoms with E-state index in [-0.39, 0.29) is 5.91 Å². The summed E-state index contributed by atoms with van der Waals surface area (Å²) < 4.78 is 1.81. The first kappa shape index (κ1) is 22.4. The number of nitrogens with zero attached hydrogens (tertiary/aromatic N) is 4. The van der Waals surface area contributed by atoms with Crippen LogP contribution in [0.5, 0.6) is 0 Å². The molecule has 0 spiro atoms. The van der Waals surface area contributed by atoms with Gasteiger partial charge in [0.05, 0.1) is 18.1 Å².